The van der Waals surface area contributed by atoms with Crippen LogP contribution in [0.1, 0.15) is 13.3 Å². The zero-order valence-electron chi connectivity index (χ0n) is 11.3. The van der Waals surface area contributed by atoms with Gasteiger partial charge in [-0.2, -0.15) is 0 Å². The van der Waals surface area contributed by atoms with Crippen LogP contribution < -0.4 is 0 Å². The Morgan fingerprint density at radius 1 is 1.33 bits per heavy atom. The second kappa shape index (κ2) is 6.70. The van der Waals surface area contributed by atoms with Crippen LogP contribution >= 0.6 is 0 Å². The van der Waals surface area contributed by atoms with Gasteiger partial charge in [-0.05, 0) is 26.4 Å². The number of hydrogen-bond acceptors (Lipinski definition) is 4. The number of carbonyl (C=O) groups excluding carboxylic acids is 1. The third-order valence-corrected chi connectivity index (χ3v) is 3.09. The van der Waals surface area contributed by atoms with E-state index in [-0.39, 0.29) is 18.4 Å². The van der Waals surface area contributed by atoms with E-state index in [4.69, 9.17) is 9.84 Å². The second-order valence-corrected chi connectivity index (χ2v) is 5.01. The Morgan fingerprint density at radius 2 is 2.00 bits per heavy atom. The number of amides is 1. The average Bonchev–Trinajstić information content (AvgIpc) is 2.69. The summed E-state index contributed by atoms with van der Waals surface area (Å²) in [6, 6.07) is 0. The molecule has 6 nitrogen and oxygen atoms in total. The maximum atomic E-state index is 12.2. The van der Waals surface area contributed by atoms with E-state index in [9.17, 15) is 9.59 Å². The molecule has 1 rings (SSSR count). The molecule has 2 unspecified atom stereocenters. The molecular formula is C12H22N2O4. The quantitative estimate of drug-likeness (QED) is 0.719. The molecule has 2 atom stereocenters. The van der Waals surface area contributed by atoms with Gasteiger partial charge >= 0.3 is 5.97 Å². The summed E-state index contributed by atoms with van der Waals surface area (Å²) in [5.41, 5.74) is 0. The van der Waals surface area contributed by atoms with Crippen molar-refractivity contribution in [2.75, 3.05) is 40.3 Å². The Balaban J connectivity index is 2.62. The number of ether oxygens (including phenoxy) is 1. The van der Waals surface area contributed by atoms with Gasteiger partial charge in [0.25, 0.3) is 5.91 Å². The van der Waals surface area contributed by atoms with Crippen LogP contribution in [0, 0.1) is 5.92 Å². The molecule has 0 aromatic heterocycles. The first-order valence-corrected chi connectivity index (χ1v) is 6.18. The van der Waals surface area contributed by atoms with E-state index in [1.165, 1.54) is 4.90 Å². The predicted molar refractivity (Wildman–Crippen MR) is 66.3 cm³/mol. The van der Waals surface area contributed by atoms with Crippen LogP contribution in [0.2, 0.25) is 0 Å². The van der Waals surface area contributed by atoms with Crippen LogP contribution in [0.3, 0.4) is 0 Å². The molecule has 0 aromatic rings. The van der Waals surface area contributed by atoms with Crippen LogP contribution in [0.5, 0.6) is 0 Å². The Morgan fingerprint density at radius 3 is 2.44 bits per heavy atom. The molecule has 18 heavy (non-hydrogen) atoms. The van der Waals surface area contributed by atoms with Gasteiger partial charge in [-0.3, -0.25) is 9.59 Å². The number of nitrogens with zero attached hydrogens (tertiary/aromatic N) is 2. The fourth-order valence-corrected chi connectivity index (χ4v) is 1.94. The number of carboxylic acids is 1. The normalized spacial score (nSPS) is 23.3. The molecule has 1 saturated heterocycles. The molecule has 1 heterocycles. The Labute approximate surface area is 107 Å². The van der Waals surface area contributed by atoms with Crippen LogP contribution in [-0.2, 0) is 14.3 Å². The van der Waals surface area contributed by atoms with Crippen molar-refractivity contribution in [1.82, 2.24) is 9.80 Å². The molecule has 104 valence electrons. The molecule has 1 aliphatic rings. The molecule has 0 radical (unpaired) electrons. The fraction of sp³-hybridized carbons (Fsp3) is 0.833. The maximum Gasteiger partial charge on any atom is 0.323 e. The smallest absolute Gasteiger partial charge is 0.323 e. The molecule has 0 aromatic carbocycles. The van der Waals surface area contributed by atoms with Gasteiger partial charge in [0.05, 0.1) is 0 Å². The van der Waals surface area contributed by atoms with E-state index in [0.29, 0.717) is 19.7 Å². The number of rotatable bonds is 6. The molecule has 1 N–H and O–H groups in total. The van der Waals surface area contributed by atoms with Crippen molar-refractivity contribution in [1.29, 1.82) is 0 Å². The largest absolute Gasteiger partial charge is 0.480 e. The van der Waals surface area contributed by atoms with Crippen molar-refractivity contribution in [3.8, 4) is 0 Å². The van der Waals surface area contributed by atoms with Crippen molar-refractivity contribution >= 4 is 11.9 Å². The zero-order valence-corrected chi connectivity index (χ0v) is 11.3. The second-order valence-electron chi connectivity index (χ2n) is 5.01. The fourth-order valence-electron chi connectivity index (χ4n) is 1.94. The van der Waals surface area contributed by atoms with E-state index in [2.05, 4.69) is 0 Å². The lowest BCUT2D eigenvalue weighted by Crippen LogP contribution is -2.46. The number of aliphatic carboxylic acids is 1. The lowest BCUT2D eigenvalue weighted by atomic mass is 10.0. The van der Waals surface area contributed by atoms with E-state index < -0.39 is 12.1 Å². The first-order valence-electron chi connectivity index (χ1n) is 6.18. The minimum absolute atomic E-state index is 0.160. The van der Waals surface area contributed by atoms with Crippen LogP contribution in [0.4, 0.5) is 0 Å². The number of carboxylic acid groups (broad SMARTS) is 1. The minimum atomic E-state index is -0.993. The number of hydrogen-bond donors (Lipinski definition) is 1. The van der Waals surface area contributed by atoms with E-state index in [1.807, 2.05) is 25.9 Å². The molecule has 0 bridgehead atoms. The Bertz CT molecular complexity index is 306. The number of likely N-dealkylation sites (N-methyl/N-ethyl adjacent to an activating group) is 1. The molecule has 0 aliphatic carbocycles. The summed E-state index contributed by atoms with van der Waals surface area (Å²) in [4.78, 5) is 26.3. The van der Waals surface area contributed by atoms with Gasteiger partial charge in [0.1, 0.15) is 12.6 Å². The summed E-state index contributed by atoms with van der Waals surface area (Å²) in [6.07, 6.45) is 0.372. The molecular weight excluding hydrogens is 236 g/mol. The summed E-state index contributed by atoms with van der Waals surface area (Å²) in [5, 5.41) is 8.86. The molecule has 0 saturated carbocycles. The van der Waals surface area contributed by atoms with Crippen LogP contribution in [-0.4, -0.2) is 73.2 Å². The van der Waals surface area contributed by atoms with Crippen molar-refractivity contribution in [2.45, 2.75) is 19.4 Å². The maximum absolute atomic E-state index is 12.2. The molecule has 1 amide bonds. The summed E-state index contributed by atoms with van der Waals surface area (Å²) in [6.45, 7) is 3.32. The van der Waals surface area contributed by atoms with Gasteiger partial charge in [0, 0.05) is 19.7 Å². The van der Waals surface area contributed by atoms with Gasteiger partial charge in [-0.1, -0.05) is 6.92 Å². The molecule has 0 spiro atoms. The molecule has 1 aliphatic heterocycles. The number of carbonyl (C=O) groups is 2. The predicted octanol–water partition coefficient (Wildman–Crippen LogP) is -0.114. The highest BCUT2D eigenvalue weighted by Crippen LogP contribution is 2.21. The van der Waals surface area contributed by atoms with E-state index in [0.717, 1.165) is 6.42 Å². The van der Waals surface area contributed by atoms with Gasteiger partial charge in [-0.25, -0.2) is 0 Å². The zero-order chi connectivity index (χ0) is 13.7. The SMILES string of the molecule is CC1CCOC1C(=O)N(CCN(C)C)CC(=O)O. The summed E-state index contributed by atoms with van der Waals surface area (Å²) in [5.74, 6) is -1.04. The third kappa shape index (κ3) is 4.27. The van der Waals surface area contributed by atoms with Crippen LogP contribution in [0.25, 0.3) is 0 Å². The summed E-state index contributed by atoms with van der Waals surface area (Å²) in [7, 11) is 3.77. The topological polar surface area (TPSA) is 70.1 Å². The first kappa shape index (κ1) is 14.9. The standard InChI is InChI=1S/C12H22N2O4/c1-9-4-7-18-11(9)12(17)14(8-10(15)16)6-5-13(2)3/h9,11H,4-8H2,1-3H3,(H,15,16). The van der Waals surface area contributed by atoms with Gasteiger partial charge in [0.2, 0.25) is 0 Å². The lowest BCUT2D eigenvalue weighted by Gasteiger charge is -2.26. The van der Waals surface area contributed by atoms with E-state index >= 15 is 0 Å². The summed E-state index contributed by atoms with van der Waals surface area (Å²) < 4.78 is 5.40. The Kier molecular flexibility index (Phi) is 5.55. The third-order valence-electron chi connectivity index (χ3n) is 3.09. The highest BCUT2D eigenvalue weighted by molar-refractivity contribution is 5.85. The van der Waals surface area contributed by atoms with Crippen molar-refractivity contribution in [2.24, 2.45) is 5.92 Å². The van der Waals surface area contributed by atoms with Crippen molar-refractivity contribution in [3.63, 3.8) is 0 Å². The molecule has 6 heteroatoms. The molecule has 1 fully saturated rings. The van der Waals surface area contributed by atoms with Crippen molar-refractivity contribution in [3.05, 3.63) is 0 Å². The monoisotopic (exact) mass is 258 g/mol. The minimum Gasteiger partial charge on any atom is -0.480 e. The van der Waals surface area contributed by atoms with Crippen LogP contribution in [0.15, 0.2) is 0 Å². The highest BCUT2D eigenvalue weighted by Gasteiger charge is 2.34. The van der Waals surface area contributed by atoms with Gasteiger partial charge in [0.15, 0.2) is 0 Å². The van der Waals surface area contributed by atoms with Crippen molar-refractivity contribution < 1.29 is 19.4 Å². The average molecular weight is 258 g/mol. The first-order chi connectivity index (χ1) is 8.41. The van der Waals surface area contributed by atoms with Gasteiger partial charge in [-0.15, -0.1) is 0 Å². The lowest BCUT2D eigenvalue weighted by molar-refractivity contribution is -0.150. The van der Waals surface area contributed by atoms with E-state index in [1.54, 1.807) is 0 Å². The highest BCUT2D eigenvalue weighted by atomic mass is 16.5. The summed E-state index contributed by atoms with van der Waals surface area (Å²) >= 11 is 0. The van der Waals surface area contributed by atoms with Gasteiger partial charge < -0.3 is 19.6 Å². The Hall–Kier alpha value is -1.14.